The summed E-state index contributed by atoms with van der Waals surface area (Å²) in [6.07, 6.45) is 3.08. The number of rotatable bonds is 5. The van der Waals surface area contributed by atoms with Gasteiger partial charge in [0.05, 0.1) is 6.10 Å². The number of carbonyl (C=O) groups is 1. The normalized spacial score (nSPS) is 23.7. The molecule has 1 aliphatic heterocycles. The molecule has 0 bridgehead atoms. The second kappa shape index (κ2) is 7.61. The first-order valence-corrected chi connectivity index (χ1v) is 10.2. The lowest BCUT2D eigenvalue weighted by atomic mass is 9.72. The Bertz CT molecular complexity index is 811. The summed E-state index contributed by atoms with van der Waals surface area (Å²) in [5, 5.41) is 0. The molecule has 1 N–H and O–H groups in total. The number of ether oxygens (including phenoxy) is 1. The predicted molar refractivity (Wildman–Crippen MR) is 107 cm³/mol. The topological polar surface area (TPSA) is 45.3 Å². The van der Waals surface area contributed by atoms with Gasteiger partial charge in [-0.25, -0.2) is 0 Å². The van der Waals surface area contributed by atoms with E-state index in [0.717, 1.165) is 44.5 Å². The maximum absolute atomic E-state index is 13.3. The Kier molecular flexibility index (Phi) is 5.20. The zero-order valence-corrected chi connectivity index (χ0v) is 16.6. The third-order valence-electron chi connectivity index (χ3n) is 6.52. The zero-order chi connectivity index (χ0) is 19.0. The first kappa shape index (κ1) is 18.5. The average Bonchev–Trinajstić information content (AvgIpc) is 3.02. The highest BCUT2D eigenvalue weighted by Crippen LogP contribution is 2.38. The Morgan fingerprint density at radius 3 is 2.78 bits per heavy atom. The molecule has 1 aromatic carbocycles. The molecule has 2 aromatic rings. The average molecular weight is 367 g/mol. The number of hydrogen-bond donors (Lipinski definition) is 1. The summed E-state index contributed by atoms with van der Waals surface area (Å²) in [7, 11) is 1.78. The number of nitrogens with one attached hydrogen (secondary N) is 1. The molecular weight excluding hydrogens is 336 g/mol. The van der Waals surface area contributed by atoms with Gasteiger partial charge in [-0.05, 0) is 49.8 Å². The molecule has 4 nitrogen and oxygen atoms in total. The molecule has 0 radical (unpaired) electrons. The number of benzene rings is 1. The second-order valence-electron chi connectivity index (χ2n) is 8.05. The second-order valence-corrected chi connectivity index (χ2v) is 8.05. The number of aromatic amines is 1. The number of hydrogen-bond acceptors (Lipinski definition) is 3. The highest BCUT2D eigenvalue weighted by Gasteiger charge is 2.41. The number of piperidine rings is 1. The number of aryl methyl sites for hydroxylation is 1. The van der Waals surface area contributed by atoms with E-state index in [4.69, 9.17) is 4.74 Å². The van der Waals surface area contributed by atoms with E-state index in [-0.39, 0.29) is 12.0 Å². The summed E-state index contributed by atoms with van der Waals surface area (Å²) >= 11 is 0. The van der Waals surface area contributed by atoms with E-state index < -0.39 is 0 Å². The Labute approximate surface area is 161 Å². The Morgan fingerprint density at radius 2 is 2.07 bits per heavy atom. The van der Waals surface area contributed by atoms with Crippen LogP contribution in [-0.2, 0) is 17.6 Å². The third-order valence-corrected chi connectivity index (χ3v) is 6.52. The van der Waals surface area contributed by atoms with Crippen LogP contribution in [0.5, 0.6) is 0 Å². The van der Waals surface area contributed by atoms with Crippen molar-refractivity contribution in [2.75, 3.05) is 26.7 Å². The minimum atomic E-state index is 0.0534. The number of ketones is 1. The molecule has 1 fully saturated rings. The van der Waals surface area contributed by atoms with Gasteiger partial charge in [-0.1, -0.05) is 37.3 Å². The van der Waals surface area contributed by atoms with Crippen molar-refractivity contribution in [3.05, 3.63) is 58.4 Å². The van der Waals surface area contributed by atoms with Gasteiger partial charge in [-0.15, -0.1) is 0 Å². The number of H-pyrrole nitrogens is 1. The first-order chi connectivity index (χ1) is 13.1. The fourth-order valence-corrected chi connectivity index (χ4v) is 5.07. The number of fused-ring (bicyclic) bond motifs is 2. The minimum absolute atomic E-state index is 0.0534. The van der Waals surface area contributed by atoms with Crippen molar-refractivity contribution in [1.29, 1.82) is 0 Å². The van der Waals surface area contributed by atoms with E-state index in [1.165, 1.54) is 22.5 Å². The van der Waals surface area contributed by atoms with Gasteiger partial charge < -0.3 is 9.72 Å². The summed E-state index contributed by atoms with van der Waals surface area (Å²) in [4.78, 5) is 19.3. The monoisotopic (exact) mass is 366 g/mol. The molecule has 0 amide bonds. The van der Waals surface area contributed by atoms with Gasteiger partial charge in [0, 0.05) is 43.1 Å². The summed E-state index contributed by atoms with van der Waals surface area (Å²) in [5.41, 5.74) is 5.79. The largest absolute Gasteiger partial charge is 0.375 e. The quantitative estimate of drug-likeness (QED) is 0.871. The van der Waals surface area contributed by atoms with Gasteiger partial charge in [-0.2, -0.15) is 0 Å². The summed E-state index contributed by atoms with van der Waals surface area (Å²) in [5.74, 6) is 0.961. The molecule has 3 atom stereocenters. The number of aromatic nitrogens is 1. The highest BCUT2D eigenvalue weighted by atomic mass is 16.5. The summed E-state index contributed by atoms with van der Waals surface area (Å²) < 4.78 is 5.77. The number of nitrogens with zero attached hydrogens (tertiary/aromatic N) is 1. The van der Waals surface area contributed by atoms with Crippen LogP contribution in [0.15, 0.2) is 30.3 Å². The Hall–Kier alpha value is -1.91. The SMILES string of the molecule is CCc1c(C)[nH]c2c1C(=O)C1CN(CC(OC)c3ccccc3)CCC1C2. The van der Waals surface area contributed by atoms with Crippen LogP contribution in [0.2, 0.25) is 0 Å². The van der Waals surface area contributed by atoms with Gasteiger partial charge in [-0.3, -0.25) is 9.69 Å². The number of carbonyl (C=O) groups excluding carboxylic acids is 1. The van der Waals surface area contributed by atoms with E-state index in [1.54, 1.807) is 7.11 Å². The molecule has 0 spiro atoms. The van der Waals surface area contributed by atoms with Crippen molar-refractivity contribution >= 4 is 5.78 Å². The van der Waals surface area contributed by atoms with Crippen molar-refractivity contribution in [2.24, 2.45) is 11.8 Å². The van der Waals surface area contributed by atoms with Crippen molar-refractivity contribution in [2.45, 2.75) is 39.2 Å². The molecule has 1 aromatic heterocycles. The van der Waals surface area contributed by atoms with E-state index >= 15 is 0 Å². The van der Waals surface area contributed by atoms with Crippen molar-refractivity contribution in [1.82, 2.24) is 9.88 Å². The number of Topliss-reactive ketones (excluding diaryl/α,β-unsaturated/α-hetero) is 1. The fraction of sp³-hybridized carbons (Fsp3) is 0.522. The molecular formula is C23H30N2O2. The van der Waals surface area contributed by atoms with Crippen LogP contribution in [0.4, 0.5) is 0 Å². The smallest absolute Gasteiger partial charge is 0.169 e. The molecule has 1 aliphatic carbocycles. The third kappa shape index (κ3) is 3.37. The molecule has 0 saturated carbocycles. The summed E-state index contributed by atoms with van der Waals surface area (Å²) in [6.45, 7) is 6.98. The van der Waals surface area contributed by atoms with Crippen LogP contribution in [0.3, 0.4) is 0 Å². The van der Waals surface area contributed by atoms with Crippen LogP contribution < -0.4 is 0 Å². The van der Waals surface area contributed by atoms with Crippen LogP contribution >= 0.6 is 0 Å². The standard InChI is InChI=1S/C23H30N2O2/c1-4-18-15(2)24-20-12-17-10-11-25(13-19(17)23(26)22(18)20)14-21(27-3)16-8-6-5-7-9-16/h5-9,17,19,21,24H,4,10-14H2,1-3H3. The van der Waals surface area contributed by atoms with Gasteiger partial charge in [0.15, 0.2) is 5.78 Å². The fourth-order valence-electron chi connectivity index (χ4n) is 5.07. The molecule has 144 valence electrons. The lowest BCUT2D eigenvalue weighted by molar-refractivity contribution is 0.0307. The predicted octanol–water partition coefficient (Wildman–Crippen LogP) is 3.95. The molecule has 4 rings (SSSR count). The van der Waals surface area contributed by atoms with Gasteiger partial charge in [0.25, 0.3) is 0 Å². The van der Waals surface area contributed by atoms with Crippen LogP contribution in [-0.4, -0.2) is 42.4 Å². The van der Waals surface area contributed by atoms with Gasteiger partial charge >= 0.3 is 0 Å². The molecule has 2 aliphatic rings. The van der Waals surface area contributed by atoms with E-state index in [2.05, 4.69) is 48.0 Å². The maximum atomic E-state index is 13.3. The Balaban J connectivity index is 1.51. The number of methoxy groups -OCH3 is 1. The lowest BCUT2D eigenvalue weighted by Crippen LogP contribution is -2.48. The van der Waals surface area contributed by atoms with Crippen LogP contribution in [0.1, 0.15) is 52.3 Å². The van der Waals surface area contributed by atoms with E-state index in [0.29, 0.717) is 11.7 Å². The lowest BCUT2D eigenvalue weighted by Gasteiger charge is -2.41. The van der Waals surface area contributed by atoms with Crippen molar-refractivity contribution in [3.63, 3.8) is 0 Å². The zero-order valence-electron chi connectivity index (χ0n) is 16.6. The highest BCUT2D eigenvalue weighted by molar-refractivity contribution is 6.02. The number of likely N-dealkylation sites (tertiary alicyclic amines) is 1. The van der Waals surface area contributed by atoms with Crippen molar-refractivity contribution in [3.8, 4) is 0 Å². The maximum Gasteiger partial charge on any atom is 0.169 e. The van der Waals surface area contributed by atoms with Crippen LogP contribution in [0.25, 0.3) is 0 Å². The van der Waals surface area contributed by atoms with Gasteiger partial charge in [0.2, 0.25) is 0 Å². The molecule has 27 heavy (non-hydrogen) atoms. The summed E-state index contributed by atoms with van der Waals surface area (Å²) in [6, 6.07) is 10.4. The molecule has 1 saturated heterocycles. The van der Waals surface area contributed by atoms with Crippen molar-refractivity contribution < 1.29 is 9.53 Å². The van der Waals surface area contributed by atoms with Crippen LogP contribution in [0, 0.1) is 18.8 Å². The van der Waals surface area contributed by atoms with E-state index in [1.807, 2.05) is 6.07 Å². The first-order valence-electron chi connectivity index (χ1n) is 10.2. The Morgan fingerprint density at radius 1 is 1.30 bits per heavy atom. The van der Waals surface area contributed by atoms with E-state index in [9.17, 15) is 4.79 Å². The molecule has 4 heteroatoms. The minimum Gasteiger partial charge on any atom is -0.375 e. The van der Waals surface area contributed by atoms with Gasteiger partial charge in [0.1, 0.15) is 0 Å². The molecule has 2 heterocycles. The molecule has 3 unspecified atom stereocenters.